The molecule has 0 spiro atoms. The first-order chi connectivity index (χ1) is 8.97. The highest BCUT2D eigenvalue weighted by atomic mass is 16.2. The highest BCUT2D eigenvalue weighted by molar-refractivity contribution is 6.02. The Morgan fingerprint density at radius 3 is 2.32 bits per heavy atom. The Morgan fingerprint density at radius 1 is 1.26 bits per heavy atom. The molecule has 0 saturated carbocycles. The van der Waals surface area contributed by atoms with Crippen LogP contribution in [0.2, 0.25) is 0 Å². The number of likely N-dealkylation sites (N-methyl/N-ethyl adjacent to an activating group) is 2. The van der Waals surface area contributed by atoms with Gasteiger partial charge in [0, 0.05) is 32.3 Å². The maximum Gasteiger partial charge on any atom is 0.253 e. The molecule has 4 heteroatoms. The summed E-state index contributed by atoms with van der Waals surface area (Å²) in [6, 6.07) is 0. The molecule has 1 rings (SSSR count). The number of amides is 2. The van der Waals surface area contributed by atoms with Crippen LogP contribution >= 0.6 is 0 Å². The second-order valence-electron chi connectivity index (χ2n) is 4.38. The van der Waals surface area contributed by atoms with E-state index in [1.165, 1.54) is 11.3 Å². The summed E-state index contributed by atoms with van der Waals surface area (Å²) in [5.74, 6) is -0.277. The third kappa shape index (κ3) is 6.04. The summed E-state index contributed by atoms with van der Waals surface area (Å²) >= 11 is 0. The number of hydrogen-bond donors (Lipinski definition) is 1. The summed E-state index contributed by atoms with van der Waals surface area (Å²) in [6.07, 6.45) is 8.92. The monoisotopic (exact) mass is 264 g/mol. The summed E-state index contributed by atoms with van der Waals surface area (Å²) in [5.41, 5.74) is 1.05. The van der Waals surface area contributed by atoms with Crippen LogP contribution in [0.4, 0.5) is 0 Å². The first-order valence-corrected chi connectivity index (χ1v) is 6.50. The molecule has 0 aromatic carbocycles. The Balaban J connectivity index is 0.000000982. The molecule has 0 radical (unpaired) electrons. The lowest BCUT2D eigenvalue weighted by atomic mass is 10.1. The van der Waals surface area contributed by atoms with Gasteiger partial charge in [0.1, 0.15) is 0 Å². The average Bonchev–Trinajstić information content (AvgIpc) is 2.63. The Labute approximate surface area is 115 Å². The summed E-state index contributed by atoms with van der Waals surface area (Å²) in [5, 5.41) is 2.54. The molecule has 0 aromatic heterocycles. The number of allylic oxidation sites excluding steroid dienone is 2. The van der Waals surface area contributed by atoms with Crippen molar-refractivity contribution in [2.24, 2.45) is 0 Å². The second-order valence-corrected chi connectivity index (χ2v) is 4.38. The lowest BCUT2D eigenvalue weighted by Gasteiger charge is -2.11. The van der Waals surface area contributed by atoms with Gasteiger partial charge in [-0.3, -0.25) is 9.59 Å². The van der Waals surface area contributed by atoms with Gasteiger partial charge in [-0.2, -0.15) is 0 Å². The molecule has 0 aromatic rings. The molecule has 0 heterocycles. The van der Waals surface area contributed by atoms with Gasteiger partial charge in [-0.05, 0) is 12.5 Å². The van der Waals surface area contributed by atoms with Crippen molar-refractivity contribution in [2.45, 2.75) is 26.7 Å². The summed E-state index contributed by atoms with van der Waals surface area (Å²) in [4.78, 5) is 24.7. The first-order valence-electron chi connectivity index (χ1n) is 6.50. The van der Waals surface area contributed by atoms with Crippen molar-refractivity contribution < 1.29 is 9.59 Å². The van der Waals surface area contributed by atoms with Crippen molar-refractivity contribution in [3.8, 4) is 0 Å². The van der Waals surface area contributed by atoms with Crippen LogP contribution in [0.25, 0.3) is 0 Å². The third-order valence-corrected chi connectivity index (χ3v) is 2.22. The van der Waals surface area contributed by atoms with Crippen LogP contribution in [0, 0.1) is 0 Å². The zero-order valence-corrected chi connectivity index (χ0v) is 12.5. The van der Waals surface area contributed by atoms with Gasteiger partial charge in [0.2, 0.25) is 0 Å². The van der Waals surface area contributed by atoms with E-state index in [-0.39, 0.29) is 11.8 Å². The highest BCUT2D eigenvalue weighted by Gasteiger charge is 2.13. The molecule has 2 amide bonds. The van der Waals surface area contributed by atoms with Crippen molar-refractivity contribution >= 4 is 11.8 Å². The second kappa shape index (κ2) is 9.14. The third-order valence-electron chi connectivity index (χ3n) is 2.22. The van der Waals surface area contributed by atoms with Crippen LogP contribution < -0.4 is 5.32 Å². The van der Waals surface area contributed by atoms with Crippen molar-refractivity contribution in [1.29, 1.82) is 0 Å². The molecule has 4 nitrogen and oxygen atoms in total. The number of nitrogens with one attached hydrogen (secondary N) is 1. The van der Waals surface area contributed by atoms with Gasteiger partial charge in [0.05, 0.1) is 0 Å². The standard InChI is InChI=1S/C12H16N2O2.C3H8/c1-13-11(15)9-6-4-5-7-10(8-9)12(16)14(2)3;1-3-2/h4,6-8H,5H2,1-3H3,(H,13,15);3H2,1-2H3. The average molecular weight is 264 g/mol. The smallest absolute Gasteiger partial charge is 0.253 e. The summed E-state index contributed by atoms with van der Waals surface area (Å²) in [6.45, 7) is 4.25. The molecular weight excluding hydrogens is 240 g/mol. The van der Waals surface area contributed by atoms with E-state index in [0.717, 1.165) is 0 Å². The minimum absolute atomic E-state index is 0.0925. The molecule has 1 N–H and O–H groups in total. The lowest BCUT2D eigenvalue weighted by Crippen LogP contribution is -2.24. The Hall–Kier alpha value is -1.84. The topological polar surface area (TPSA) is 49.4 Å². The molecule has 0 bridgehead atoms. The predicted octanol–water partition coefficient (Wildman–Crippen LogP) is 2.05. The van der Waals surface area contributed by atoms with E-state index in [0.29, 0.717) is 17.6 Å². The number of carbonyl (C=O) groups excluding carboxylic acids is 2. The predicted molar refractivity (Wildman–Crippen MR) is 78.6 cm³/mol. The SMILES string of the molecule is CCC.CNC(=O)C1=CC(C(=O)N(C)C)=CCC=C1. The summed E-state index contributed by atoms with van der Waals surface area (Å²) < 4.78 is 0. The Bertz CT molecular complexity index is 404. The van der Waals surface area contributed by atoms with E-state index in [2.05, 4.69) is 19.2 Å². The van der Waals surface area contributed by atoms with Gasteiger partial charge in [-0.15, -0.1) is 0 Å². The maximum atomic E-state index is 11.8. The summed E-state index contributed by atoms with van der Waals surface area (Å²) in [7, 11) is 4.95. The molecule has 106 valence electrons. The van der Waals surface area contributed by atoms with Crippen LogP contribution in [0.3, 0.4) is 0 Å². The molecule has 1 aliphatic carbocycles. The van der Waals surface area contributed by atoms with E-state index in [4.69, 9.17) is 0 Å². The number of nitrogens with zero attached hydrogens (tertiary/aromatic N) is 1. The Morgan fingerprint density at radius 2 is 1.84 bits per heavy atom. The molecule has 19 heavy (non-hydrogen) atoms. The van der Waals surface area contributed by atoms with Crippen LogP contribution in [0.15, 0.2) is 35.5 Å². The molecule has 1 aliphatic rings. The lowest BCUT2D eigenvalue weighted by molar-refractivity contribution is -0.124. The van der Waals surface area contributed by atoms with Gasteiger partial charge in [0.25, 0.3) is 11.8 Å². The van der Waals surface area contributed by atoms with E-state index in [9.17, 15) is 9.59 Å². The van der Waals surface area contributed by atoms with Gasteiger partial charge in [-0.1, -0.05) is 38.5 Å². The molecular formula is C15H24N2O2. The van der Waals surface area contributed by atoms with E-state index in [1.807, 2.05) is 12.2 Å². The van der Waals surface area contributed by atoms with E-state index >= 15 is 0 Å². The highest BCUT2D eigenvalue weighted by Crippen LogP contribution is 2.13. The minimum atomic E-state index is -0.185. The van der Waals surface area contributed by atoms with Crippen molar-refractivity contribution in [3.05, 3.63) is 35.5 Å². The van der Waals surface area contributed by atoms with E-state index in [1.54, 1.807) is 33.3 Å². The van der Waals surface area contributed by atoms with Gasteiger partial charge in [0.15, 0.2) is 0 Å². The molecule has 0 unspecified atom stereocenters. The van der Waals surface area contributed by atoms with Crippen LogP contribution in [0.1, 0.15) is 26.7 Å². The maximum absolute atomic E-state index is 11.8. The first kappa shape index (κ1) is 17.2. The zero-order valence-electron chi connectivity index (χ0n) is 12.5. The largest absolute Gasteiger partial charge is 0.355 e. The van der Waals surface area contributed by atoms with Crippen molar-refractivity contribution in [3.63, 3.8) is 0 Å². The van der Waals surface area contributed by atoms with E-state index < -0.39 is 0 Å². The van der Waals surface area contributed by atoms with Crippen LogP contribution in [-0.4, -0.2) is 37.9 Å². The minimum Gasteiger partial charge on any atom is -0.355 e. The van der Waals surface area contributed by atoms with Crippen LogP contribution in [0.5, 0.6) is 0 Å². The van der Waals surface area contributed by atoms with Gasteiger partial charge in [-0.25, -0.2) is 0 Å². The number of rotatable bonds is 2. The van der Waals surface area contributed by atoms with Gasteiger partial charge < -0.3 is 10.2 Å². The molecule has 0 saturated heterocycles. The van der Waals surface area contributed by atoms with Crippen LogP contribution in [-0.2, 0) is 9.59 Å². The van der Waals surface area contributed by atoms with Crippen molar-refractivity contribution in [1.82, 2.24) is 10.2 Å². The van der Waals surface area contributed by atoms with Crippen molar-refractivity contribution in [2.75, 3.05) is 21.1 Å². The number of hydrogen-bond acceptors (Lipinski definition) is 2. The Kier molecular flexibility index (Phi) is 8.25. The zero-order chi connectivity index (χ0) is 14.8. The normalized spacial score (nSPS) is 13.3. The number of carbonyl (C=O) groups is 2. The molecule has 0 aliphatic heterocycles. The molecule has 0 atom stereocenters. The fourth-order valence-electron chi connectivity index (χ4n) is 1.36. The van der Waals surface area contributed by atoms with Gasteiger partial charge >= 0.3 is 0 Å². The molecule has 0 fully saturated rings. The quantitative estimate of drug-likeness (QED) is 0.830. The fourth-order valence-corrected chi connectivity index (χ4v) is 1.36. The fraction of sp³-hybridized carbons (Fsp3) is 0.467.